The second-order valence-electron chi connectivity index (χ2n) is 7.52. The van der Waals surface area contributed by atoms with Crippen LogP contribution < -0.4 is 9.62 Å². The Morgan fingerprint density at radius 2 is 1.58 bits per heavy atom. The minimum Gasteiger partial charge on any atom is -0.321 e. The van der Waals surface area contributed by atoms with Crippen LogP contribution in [0.15, 0.2) is 108 Å². The molecule has 33 heavy (non-hydrogen) atoms. The van der Waals surface area contributed by atoms with Crippen LogP contribution in [-0.4, -0.2) is 19.3 Å². The molecule has 3 aromatic carbocycles. The second-order valence-corrected chi connectivity index (χ2v) is 9.39. The number of benzene rings is 3. The minimum absolute atomic E-state index is 0.0776. The molecule has 4 rings (SSSR count). The predicted molar refractivity (Wildman–Crippen MR) is 130 cm³/mol. The Hall–Kier alpha value is -3.97. The molecule has 0 aliphatic heterocycles. The number of nitrogens with one attached hydrogen (secondary N) is 1. The highest BCUT2D eigenvalue weighted by Crippen LogP contribution is 2.30. The van der Waals surface area contributed by atoms with E-state index in [-0.39, 0.29) is 17.0 Å². The number of rotatable bonds is 7. The van der Waals surface area contributed by atoms with E-state index in [1.165, 1.54) is 10.5 Å². The molecule has 0 aliphatic carbocycles. The number of pyridine rings is 1. The van der Waals surface area contributed by atoms with Gasteiger partial charge in [0.25, 0.3) is 15.9 Å². The average molecular weight is 458 g/mol. The van der Waals surface area contributed by atoms with E-state index in [9.17, 15) is 13.2 Å². The van der Waals surface area contributed by atoms with Crippen molar-refractivity contribution in [1.29, 1.82) is 0 Å². The molecule has 1 amide bonds. The molecular formula is C26H23N3O3S. The molecule has 1 heterocycles. The number of carbonyl (C=O) groups is 1. The van der Waals surface area contributed by atoms with Gasteiger partial charge in [0.2, 0.25) is 0 Å². The molecule has 0 unspecified atom stereocenters. The molecule has 6 nitrogen and oxygen atoms in total. The predicted octanol–water partition coefficient (Wildman–Crippen LogP) is 5.04. The van der Waals surface area contributed by atoms with E-state index in [2.05, 4.69) is 10.3 Å². The lowest BCUT2D eigenvalue weighted by molar-refractivity contribution is 0.102. The lowest BCUT2D eigenvalue weighted by Crippen LogP contribution is -2.32. The summed E-state index contributed by atoms with van der Waals surface area (Å²) in [4.78, 5) is 17.3. The van der Waals surface area contributed by atoms with E-state index >= 15 is 0 Å². The standard InChI is InChI=1S/C26H23N3O3S/c1-20-13-15-23(16-14-20)33(31,32)29(19-21-8-3-2-4-9-21)25-12-6-5-11-24(25)26(30)28-22-10-7-17-27-18-22/h2-18H,19H2,1H3,(H,28,30). The van der Waals surface area contributed by atoms with Crippen molar-refractivity contribution in [3.8, 4) is 0 Å². The monoisotopic (exact) mass is 457 g/mol. The lowest BCUT2D eigenvalue weighted by Gasteiger charge is -2.26. The van der Waals surface area contributed by atoms with Gasteiger partial charge in [-0.05, 0) is 48.9 Å². The SMILES string of the molecule is Cc1ccc(S(=O)(=O)N(Cc2ccccc2)c2ccccc2C(=O)Nc2cccnc2)cc1. The van der Waals surface area contributed by atoms with E-state index in [1.54, 1.807) is 66.9 Å². The van der Waals surface area contributed by atoms with Gasteiger partial charge in [-0.15, -0.1) is 0 Å². The Bertz CT molecular complexity index is 1340. The zero-order valence-electron chi connectivity index (χ0n) is 18.0. The van der Waals surface area contributed by atoms with Gasteiger partial charge in [-0.1, -0.05) is 60.2 Å². The molecule has 1 N–H and O–H groups in total. The van der Waals surface area contributed by atoms with Gasteiger partial charge in [0.1, 0.15) is 0 Å². The Morgan fingerprint density at radius 3 is 2.27 bits per heavy atom. The maximum Gasteiger partial charge on any atom is 0.264 e. The Labute approximate surface area is 193 Å². The summed E-state index contributed by atoms with van der Waals surface area (Å²) in [6.07, 6.45) is 3.14. The van der Waals surface area contributed by atoms with Crippen molar-refractivity contribution in [2.24, 2.45) is 0 Å². The van der Waals surface area contributed by atoms with Crippen molar-refractivity contribution < 1.29 is 13.2 Å². The van der Waals surface area contributed by atoms with Gasteiger partial charge in [-0.25, -0.2) is 8.42 Å². The number of hydrogen-bond donors (Lipinski definition) is 1. The summed E-state index contributed by atoms with van der Waals surface area (Å²) in [6.45, 7) is 1.98. The second kappa shape index (κ2) is 9.67. The van der Waals surface area contributed by atoms with E-state index in [4.69, 9.17) is 0 Å². The zero-order valence-corrected chi connectivity index (χ0v) is 18.9. The number of aromatic nitrogens is 1. The number of anilines is 2. The largest absolute Gasteiger partial charge is 0.321 e. The summed E-state index contributed by atoms with van der Waals surface area (Å²) in [7, 11) is -3.96. The fraction of sp³-hybridized carbons (Fsp3) is 0.0769. The van der Waals surface area contributed by atoms with Gasteiger partial charge in [-0.2, -0.15) is 0 Å². The molecule has 1 aromatic heterocycles. The van der Waals surface area contributed by atoms with Crippen LogP contribution in [0.5, 0.6) is 0 Å². The van der Waals surface area contributed by atoms with Crippen LogP contribution in [-0.2, 0) is 16.6 Å². The molecule has 0 fully saturated rings. The summed E-state index contributed by atoms with van der Waals surface area (Å²) < 4.78 is 28.8. The smallest absolute Gasteiger partial charge is 0.264 e. The van der Waals surface area contributed by atoms with Crippen LogP contribution in [0.4, 0.5) is 11.4 Å². The van der Waals surface area contributed by atoms with Crippen molar-refractivity contribution in [1.82, 2.24) is 4.98 Å². The first-order valence-corrected chi connectivity index (χ1v) is 11.8. The highest BCUT2D eigenvalue weighted by Gasteiger charge is 2.28. The number of carbonyl (C=O) groups excluding carboxylic acids is 1. The fourth-order valence-electron chi connectivity index (χ4n) is 3.40. The average Bonchev–Trinajstić information content (AvgIpc) is 2.84. The lowest BCUT2D eigenvalue weighted by atomic mass is 10.1. The molecule has 0 atom stereocenters. The third-order valence-electron chi connectivity index (χ3n) is 5.11. The normalized spacial score (nSPS) is 11.1. The van der Waals surface area contributed by atoms with E-state index in [1.807, 2.05) is 37.3 Å². The third-order valence-corrected chi connectivity index (χ3v) is 6.89. The molecule has 0 bridgehead atoms. The molecule has 166 valence electrons. The van der Waals surface area contributed by atoms with Gasteiger partial charge in [-0.3, -0.25) is 14.1 Å². The molecule has 0 aliphatic rings. The Balaban J connectivity index is 1.79. The summed E-state index contributed by atoms with van der Waals surface area (Å²) in [5, 5.41) is 2.79. The van der Waals surface area contributed by atoms with Crippen molar-refractivity contribution >= 4 is 27.3 Å². The third kappa shape index (κ3) is 5.10. The van der Waals surface area contributed by atoms with Gasteiger partial charge in [0, 0.05) is 6.20 Å². The van der Waals surface area contributed by atoms with E-state index in [0.29, 0.717) is 11.4 Å². The molecule has 0 spiro atoms. The fourth-order valence-corrected chi connectivity index (χ4v) is 4.88. The van der Waals surface area contributed by atoms with Gasteiger partial charge in [0.05, 0.1) is 34.6 Å². The number of aryl methyl sites for hydroxylation is 1. The maximum absolute atomic E-state index is 13.8. The van der Waals surface area contributed by atoms with Gasteiger partial charge >= 0.3 is 0 Å². The van der Waals surface area contributed by atoms with Crippen molar-refractivity contribution in [2.75, 3.05) is 9.62 Å². The van der Waals surface area contributed by atoms with E-state index < -0.39 is 15.9 Å². The number of para-hydroxylation sites is 1. The number of amides is 1. The molecule has 4 aromatic rings. The van der Waals surface area contributed by atoms with Gasteiger partial charge in [0.15, 0.2) is 0 Å². The van der Waals surface area contributed by atoms with E-state index in [0.717, 1.165) is 11.1 Å². The number of sulfonamides is 1. The highest BCUT2D eigenvalue weighted by molar-refractivity contribution is 7.92. The number of hydrogen-bond acceptors (Lipinski definition) is 4. The van der Waals surface area contributed by atoms with Crippen LogP contribution in [0.25, 0.3) is 0 Å². The highest BCUT2D eigenvalue weighted by atomic mass is 32.2. The minimum atomic E-state index is -3.96. The molecular weight excluding hydrogens is 434 g/mol. The number of nitrogens with zero attached hydrogens (tertiary/aromatic N) is 2. The molecule has 0 saturated heterocycles. The summed E-state index contributed by atoms with van der Waals surface area (Å²) in [5.74, 6) is -0.421. The van der Waals surface area contributed by atoms with Crippen molar-refractivity contribution in [2.45, 2.75) is 18.4 Å². The first-order chi connectivity index (χ1) is 15.9. The summed E-state index contributed by atoms with van der Waals surface area (Å²) >= 11 is 0. The first-order valence-electron chi connectivity index (χ1n) is 10.4. The quantitative estimate of drug-likeness (QED) is 0.422. The molecule has 0 saturated carbocycles. The van der Waals surface area contributed by atoms with Crippen LogP contribution in [0.2, 0.25) is 0 Å². The van der Waals surface area contributed by atoms with Crippen LogP contribution in [0, 0.1) is 6.92 Å². The Kier molecular flexibility index (Phi) is 6.51. The zero-order chi connectivity index (χ0) is 23.3. The van der Waals surface area contributed by atoms with Crippen LogP contribution in [0.3, 0.4) is 0 Å². The molecule has 0 radical (unpaired) electrons. The van der Waals surface area contributed by atoms with Gasteiger partial charge < -0.3 is 5.32 Å². The Morgan fingerprint density at radius 1 is 0.879 bits per heavy atom. The maximum atomic E-state index is 13.8. The summed E-state index contributed by atoms with van der Waals surface area (Å²) in [5.41, 5.74) is 2.82. The molecule has 7 heteroatoms. The summed E-state index contributed by atoms with van der Waals surface area (Å²) in [6, 6.07) is 26.1. The van der Waals surface area contributed by atoms with Crippen LogP contribution >= 0.6 is 0 Å². The van der Waals surface area contributed by atoms with Crippen molar-refractivity contribution in [3.63, 3.8) is 0 Å². The van der Waals surface area contributed by atoms with Crippen LogP contribution in [0.1, 0.15) is 21.5 Å². The first kappa shape index (κ1) is 22.2. The topological polar surface area (TPSA) is 79.4 Å². The van der Waals surface area contributed by atoms with Crippen molar-refractivity contribution in [3.05, 3.63) is 120 Å².